The number of aliphatic hydroxyl groups is 1. The Balaban J connectivity index is 2.02. The second kappa shape index (κ2) is 4.17. The van der Waals surface area contributed by atoms with E-state index in [-0.39, 0.29) is 6.10 Å². The Morgan fingerprint density at radius 1 is 1.00 bits per heavy atom. The summed E-state index contributed by atoms with van der Waals surface area (Å²) in [6, 6.07) is 14.1. The molecule has 0 aromatic heterocycles. The molecule has 1 unspecified atom stereocenters. The molecule has 0 saturated heterocycles. The summed E-state index contributed by atoms with van der Waals surface area (Å²) in [6.07, 6.45) is 1.54. The average molecular weight is 245 g/mol. The maximum absolute atomic E-state index is 9.76. The van der Waals surface area contributed by atoms with Gasteiger partial charge in [-0.05, 0) is 47.2 Å². The first kappa shape index (κ1) is 10.8. The van der Waals surface area contributed by atoms with Crippen LogP contribution in [0.25, 0.3) is 11.1 Å². The van der Waals surface area contributed by atoms with Crippen LogP contribution in [0.4, 0.5) is 0 Å². The van der Waals surface area contributed by atoms with Crippen molar-refractivity contribution in [3.05, 3.63) is 58.6 Å². The van der Waals surface area contributed by atoms with Crippen molar-refractivity contribution < 1.29 is 5.11 Å². The maximum atomic E-state index is 9.76. The highest BCUT2D eigenvalue weighted by molar-refractivity contribution is 6.30. The monoisotopic (exact) mass is 244 g/mol. The summed E-state index contributed by atoms with van der Waals surface area (Å²) >= 11 is 5.88. The van der Waals surface area contributed by atoms with Crippen molar-refractivity contribution in [2.45, 2.75) is 18.9 Å². The highest BCUT2D eigenvalue weighted by Gasteiger charge is 2.20. The van der Waals surface area contributed by atoms with Gasteiger partial charge in [-0.25, -0.2) is 0 Å². The van der Waals surface area contributed by atoms with Crippen LogP contribution in [0.1, 0.15) is 23.7 Å². The van der Waals surface area contributed by atoms with Crippen molar-refractivity contribution in [1.29, 1.82) is 0 Å². The molecular weight excluding hydrogens is 232 g/mol. The van der Waals surface area contributed by atoms with Crippen LogP contribution in [0, 0.1) is 0 Å². The van der Waals surface area contributed by atoms with Gasteiger partial charge in [-0.3, -0.25) is 0 Å². The molecule has 2 aromatic rings. The second-order valence-corrected chi connectivity index (χ2v) is 4.91. The molecule has 0 bridgehead atoms. The standard InChI is InChI=1S/C15H13ClO/c16-13-5-1-10(2-6-13)11-3-7-14-12(9-11)4-8-15(14)17/h1-3,5-7,9,15,17H,4,8H2. The van der Waals surface area contributed by atoms with Gasteiger partial charge in [0.15, 0.2) is 0 Å². The molecule has 1 nitrogen and oxygen atoms in total. The van der Waals surface area contributed by atoms with Crippen LogP contribution in [0.15, 0.2) is 42.5 Å². The second-order valence-electron chi connectivity index (χ2n) is 4.47. The molecule has 2 heteroatoms. The third-order valence-electron chi connectivity index (χ3n) is 3.37. The van der Waals surface area contributed by atoms with Crippen molar-refractivity contribution >= 4 is 11.6 Å². The Hall–Kier alpha value is -1.31. The van der Waals surface area contributed by atoms with Gasteiger partial charge in [0.05, 0.1) is 6.10 Å². The van der Waals surface area contributed by atoms with Gasteiger partial charge in [0, 0.05) is 5.02 Å². The molecule has 1 atom stereocenters. The third kappa shape index (κ3) is 1.97. The summed E-state index contributed by atoms with van der Waals surface area (Å²) in [5, 5.41) is 10.5. The topological polar surface area (TPSA) is 20.2 Å². The van der Waals surface area contributed by atoms with Crippen LogP contribution >= 0.6 is 11.6 Å². The number of hydrogen-bond acceptors (Lipinski definition) is 1. The van der Waals surface area contributed by atoms with Crippen LogP contribution in [0.2, 0.25) is 5.02 Å². The first-order valence-corrected chi connectivity index (χ1v) is 6.19. The molecule has 0 saturated carbocycles. The number of aryl methyl sites for hydroxylation is 1. The van der Waals surface area contributed by atoms with E-state index in [2.05, 4.69) is 12.1 Å². The minimum atomic E-state index is -0.274. The van der Waals surface area contributed by atoms with Crippen LogP contribution < -0.4 is 0 Å². The number of aliphatic hydroxyl groups excluding tert-OH is 1. The Kier molecular flexibility index (Phi) is 2.65. The molecule has 1 aliphatic carbocycles. The van der Waals surface area contributed by atoms with Gasteiger partial charge in [-0.2, -0.15) is 0 Å². The molecule has 2 aromatic carbocycles. The predicted molar refractivity (Wildman–Crippen MR) is 70.2 cm³/mol. The number of hydrogen-bond donors (Lipinski definition) is 1. The third-order valence-corrected chi connectivity index (χ3v) is 3.62. The average Bonchev–Trinajstić information content (AvgIpc) is 2.72. The van der Waals surface area contributed by atoms with E-state index in [1.807, 2.05) is 30.3 Å². The van der Waals surface area contributed by atoms with Gasteiger partial charge in [-0.15, -0.1) is 0 Å². The largest absolute Gasteiger partial charge is 0.388 e. The highest BCUT2D eigenvalue weighted by atomic mass is 35.5. The molecule has 0 radical (unpaired) electrons. The quantitative estimate of drug-likeness (QED) is 0.804. The van der Waals surface area contributed by atoms with E-state index < -0.39 is 0 Å². The minimum absolute atomic E-state index is 0.274. The normalized spacial score (nSPS) is 18.1. The molecule has 0 fully saturated rings. The predicted octanol–water partition coefficient (Wildman–Crippen LogP) is 3.99. The summed E-state index contributed by atoms with van der Waals surface area (Å²) in [7, 11) is 0. The van der Waals surface area contributed by atoms with Gasteiger partial charge in [0.1, 0.15) is 0 Å². The lowest BCUT2D eigenvalue weighted by Crippen LogP contribution is -1.90. The van der Waals surface area contributed by atoms with Crippen molar-refractivity contribution in [2.75, 3.05) is 0 Å². The molecule has 0 aliphatic heterocycles. The minimum Gasteiger partial charge on any atom is -0.388 e. The van der Waals surface area contributed by atoms with Gasteiger partial charge >= 0.3 is 0 Å². The zero-order chi connectivity index (χ0) is 11.8. The van der Waals surface area contributed by atoms with Crippen LogP contribution in [-0.4, -0.2) is 5.11 Å². The van der Waals surface area contributed by atoms with Gasteiger partial charge in [-0.1, -0.05) is 41.9 Å². The summed E-state index contributed by atoms with van der Waals surface area (Å²) in [6.45, 7) is 0. The van der Waals surface area contributed by atoms with Crippen molar-refractivity contribution in [3.8, 4) is 11.1 Å². The molecule has 0 spiro atoms. The fourth-order valence-corrected chi connectivity index (χ4v) is 2.54. The number of rotatable bonds is 1. The SMILES string of the molecule is OC1CCc2cc(-c3ccc(Cl)cc3)ccc21. The van der Waals surface area contributed by atoms with Gasteiger partial charge in [0.25, 0.3) is 0 Å². The first-order valence-electron chi connectivity index (χ1n) is 5.81. The molecule has 17 heavy (non-hydrogen) atoms. The van der Waals surface area contributed by atoms with Gasteiger partial charge < -0.3 is 5.11 Å². The number of fused-ring (bicyclic) bond motifs is 1. The Morgan fingerprint density at radius 2 is 1.71 bits per heavy atom. The lowest BCUT2D eigenvalue weighted by molar-refractivity contribution is 0.180. The zero-order valence-electron chi connectivity index (χ0n) is 9.36. The summed E-state index contributed by atoms with van der Waals surface area (Å²) in [5.41, 5.74) is 4.71. The van der Waals surface area contributed by atoms with E-state index in [1.54, 1.807) is 0 Å². The van der Waals surface area contributed by atoms with Gasteiger partial charge in [0.2, 0.25) is 0 Å². The number of benzene rings is 2. The van der Waals surface area contributed by atoms with E-state index in [4.69, 9.17) is 11.6 Å². The molecule has 0 amide bonds. The molecular formula is C15H13ClO. The Bertz CT molecular complexity index is 545. The molecule has 0 heterocycles. The smallest absolute Gasteiger partial charge is 0.0795 e. The summed E-state index contributed by atoms with van der Waals surface area (Å²) in [5.74, 6) is 0. The van der Waals surface area contributed by atoms with E-state index in [1.165, 1.54) is 16.7 Å². The van der Waals surface area contributed by atoms with E-state index in [0.29, 0.717) is 0 Å². The highest BCUT2D eigenvalue weighted by Crippen LogP contribution is 2.34. The fraction of sp³-hybridized carbons (Fsp3) is 0.200. The van der Waals surface area contributed by atoms with Crippen LogP contribution in [-0.2, 0) is 6.42 Å². The first-order chi connectivity index (χ1) is 8.24. The zero-order valence-corrected chi connectivity index (χ0v) is 10.1. The Labute approximate surface area is 106 Å². The molecule has 1 N–H and O–H groups in total. The Morgan fingerprint density at radius 3 is 2.47 bits per heavy atom. The molecule has 3 rings (SSSR count). The fourth-order valence-electron chi connectivity index (χ4n) is 2.42. The van der Waals surface area contributed by atoms with Crippen LogP contribution in [0.5, 0.6) is 0 Å². The number of halogens is 1. The van der Waals surface area contributed by atoms with Crippen molar-refractivity contribution in [2.24, 2.45) is 0 Å². The van der Waals surface area contributed by atoms with Crippen LogP contribution in [0.3, 0.4) is 0 Å². The molecule has 1 aliphatic rings. The van der Waals surface area contributed by atoms with Crippen molar-refractivity contribution in [3.63, 3.8) is 0 Å². The summed E-state index contributed by atoms with van der Waals surface area (Å²) in [4.78, 5) is 0. The van der Waals surface area contributed by atoms with E-state index in [0.717, 1.165) is 23.4 Å². The van der Waals surface area contributed by atoms with E-state index >= 15 is 0 Å². The maximum Gasteiger partial charge on any atom is 0.0795 e. The lowest BCUT2D eigenvalue weighted by atomic mass is 10.0. The summed E-state index contributed by atoms with van der Waals surface area (Å²) < 4.78 is 0. The van der Waals surface area contributed by atoms with Crippen molar-refractivity contribution in [1.82, 2.24) is 0 Å². The lowest BCUT2D eigenvalue weighted by Gasteiger charge is -2.07. The molecule has 86 valence electrons. The van der Waals surface area contributed by atoms with E-state index in [9.17, 15) is 5.11 Å².